The highest BCUT2D eigenvalue weighted by molar-refractivity contribution is 5.97. The molecule has 0 aromatic heterocycles. The summed E-state index contributed by atoms with van der Waals surface area (Å²) in [6.07, 6.45) is 0. The predicted molar refractivity (Wildman–Crippen MR) is 91.1 cm³/mol. The van der Waals surface area contributed by atoms with Crippen molar-refractivity contribution in [3.05, 3.63) is 66.2 Å². The molecule has 23 heavy (non-hydrogen) atoms. The molecule has 0 saturated carbocycles. The number of benzene rings is 2. The summed E-state index contributed by atoms with van der Waals surface area (Å²) < 4.78 is 0. The molecule has 0 bridgehead atoms. The molecule has 0 fully saturated rings. The minimum Gasteiger partial charge on any atom is -0.336 e. The van der Waals surface area contributed by atoms with Gasteiger partial charge in [-0.3, -0.25) is 4.79 Å². The fourth-order valence-corrected chi connectivity index (χ4v) is 2.12. The van der Waals surface area contributed by atoms with Gasteiger partial charge < -0.3 is 16.0 Å². The van der Waals surface area contributed by atoms with E-state index < -0.39 is 6.04 Å². The Morgan fingerprint density at radius 3 is 1.96 bits per heavy atom. The summed E-state index contributed by atoms with van der Waals surface area (Å²) in [6, 6.07) is 17.1. The van der Waals surface area contributed by atoms with Gasteiger partial charge in [0.2, 0.25) is 0 Å². The molecule has 0 heterocycles. The van der Waals surface area contributed by atoms with Gasteiger partial charge in [-0.2, -0.15) is 0 Å². The van der Waals surface area contributed by atoms with Crippen LogP contribution < -0.4 is 16.0 Å². The standard InChI is InChI=1S/C18H21N3O2/c1-13(2)19-18(23)21-16(14-9-5-3-6-10-14)17(22)20-15-11-7-4-8-12-15/h3-13,16H,1-2H3,(H,20,22)(H2,19,21,23)/t16-/m0/s1. The molecule has 0 aliphatic rings. The molecule has 0 radical (unpaired) electrons. The van der Waals surface area contributed by atoms with Crippen LogP contribution in [0.2, 0.25) is 0 Å². The van der Waals surface area contributed by atoms with Crippen LogP contribution in [-0.4, -0.2) is 18.0 Å². The Morgan fingerprint density at radius 1 is 0.826 bits per heavy atom. The van der Waals surface area contributed by atoms with Crippen molar-refractivity contribution in [3.63, 3.8) is 0 Å². The average molecular weight is 311 g/mol. The van der Waals surface area contributed by atoms with Crippen LogP contribution in [0.15, 0.2) is 60.7 Å². The monoisotopic (exact) mass is 311 g/mol. The van der Waals surface area contributed by atoms with E-state index in [1.165, 1.54) is 0 Å². The van der Waals surface area contributed by atoms with Crippen molar-refractivity contribution in [1.29, 1.82) is 0 Å². The van der Waals surface area contributed by atoms with Gasteiger partial charge in [-0.05, 0) is 31.5 Å². The smallest absolute Gasteiger partial charge is 0.315 e. The minimum absolute atomic E-state index is 0.0105. The summed E-state index contributed by atoms with van der Waals surface area (Å²) in [5, 5.41) is 8.27. The van der Waals surface area contributed by atoms with Crippen molar-refractivity contribution in [2.24, 2.45) is 0 Å². The van der Waals surface area contributed by atoms with Gasteiger partial charge in [0.15, 0.2) is 0 Å². The number of urea groups is 1. The quantitative estimate of drug-likeness (QED) is 0.794. The zero-order valence-corrected chi connectivity index (χ0v) is 13.2. The molecule has 2 rings (SSSR count). The maximum Gasteiger partial charge on any atom is 0.315 e. The molecule has 2 aromatic rings. The molecule has 5 nitrogen and oxygen atoms in total. The van der Waals surface area contributed by atoms with Crippen LogP contribution in [0.25, 0.3) is 0 Å². The van der Waals surface area contributed by atoms with Crippen LogP contribution in [0.4, 0.5) is 10.5 Å². The average Bonchev–Trinajstić information content (AvgIpc) is 2.53. The third-order valence-electron chi connectivity index (χ3n) is 3.13. The lowest BCUT2D eigenvalue weighted by Crippen LogP contribution is -2.44. The van der Waals surface area contributed by atoms with E-state index in [4.69, 9.17) is 0 Å². The topological polar surface area (TPSA) is 70.2 Å². The molecule has 5 heteroatoms. The van der Waals surface area contributed by atoms with E-state index in [9.17, 15) is 9.59 Å². The van der Waals surface area contributed by atoms with Gasteiger partial charge >= 0.3 is 6.03 Å². The first-order valence-corrected chi connectivity index (χ1v) is 7.54. The lowest BCUT2D eigenvalue weighted by molar-refractivity contribution is -0.118. The third-order valence-corrected chi connectivity index (χ3v) is 3.13. The number of hydrogen-bond donors (Lipinski definition) is 3. The number of amides is 3. The Bertz CT molecular complexity index is 642. The summed E-state index contributed by atoms with van der Waals surface area (Å²) in [6.45, 7) is 3.72. The number of carbonyl (C=O) groups excluding carboxylic acids is 2. The lowest BCUT2D eigenvalue weighted by atomic mass is 10.1. The Hall–Kier alpha value is -2.82. The van der Waals surface area contributed by atoms with Crippen molar-refractivity contribution in [1.82, 2.24) is 10.6 Å². The second-order valence-electron chi connectivity index (χ2n) is 5.47. The van der Waals surface area contributed by atoms with Crippen LogP contribution >= 0.6 is 0 Å². The number of anilines is 1. The summed E-state index contributed by atoms with van der Waals surface area (Å²) in [4.78, 5) is 24.6. The van der Waals surface area contributed by atoms with E-state index in [1.807, 2.05) is 62.4 Å². The molecule has 120 valence electrons. The zero-order chi connectivity index (χ0) is 16.7. The SMILES string of the molecule is CC(C)NC(=O)N[C@H](C(=O)Nc1ccccc1)c1ccccc1. The summed E-state index contributed by atoms with van der Waals surface area (Å²) >= 11 is 0. The van der Waals surface area contributed by atoms with E-state index in [-0.39, 0.29) is 18.0 Å². The van der Waals surface area contributed by atoms with Gasteiger partial charge in [-0.15, -0.1) is 0 Å². The van der Waals surface area contributed by atoms with Crippen molar-refractivity contribution >= 4 is 17.6 Å². The predicted octanol–water partition coefficient (Wildman–Crippen LogP) is 3.07. The van der Waals surface area contributed by atoms with Crippen LogP contribution in [0.5, 0.6) is 0 Å². The zero-order valence-electron chi connectivity index (χ0n) is 13.2. The molecule has 3 amide bonds. The minimum atomic E-state index is -0.768. The second-order valence-corrected chi connectivity index (χ2v) is 5.47. The Labute approximate surface area is 136 Å². The number of carbonyl (C=O) groups is 2. The van der Waals surface area contributed by atoms with Crippen molar-refractivity contribution < 1.29 is 9.59 Å². The van der Waals surface area contributed by atoms with Crippen molar-refractivity contribution in [3.8, 4) is 0 Å². The summed E-state index contributed by atoms with van der Waals surface area (Å²) in [5.41, 5.74) is 1.41. The lowest BCUT2D eigenvalue weighted by Gasteiger charge is -2.20. The number of hydrogen-bond acceptors (Lipinski definition) is 2. The molecule has 0 aliphatic carbocycles. The van der Waals surface area contributed by atoms with E-state index >= 15 is 0 Å². The van der Waals surface area contributed by atoms with Gasteiger partial charge in [0.25, 0.3) is 5.91 Å². The van der Waals surface area contributed by atoms with Gasteiger partial charge in [-0.25, -0.2) is 4.79 Å². The number of para-hydroxylation sites is 1. The van der Waals surface area contributed by atoms with Gasteiger partial charge in [0.05, 0.1) is 0 Å². The van der Waals surface area contributed by atoms with Gasteiger partial charge in [-0.1, -0.05) is 48.5 Å². The molecule has 0 aliphatic heterocycles. The maximum absolute atomic E-state index is 12.6. The molecular weight excluding hydrogens is 290 g/mol. The van der Waals surface area contributed by atoms with Crippen molar-refractivity contribution in [2.45, 2.75) is 25.9 Å². The first kappa shape index (κ1) is 16.5. The molecule has 0 saturated heterocycles. The highest BCUT2D eigenvalue weighted by Crippen LogP contribution is 2.16. The summed E-state index contributed by atoms with van der Waals surface area (Å²) in [5.74, 6) is -0.290. The molecule has 3 N–H and O–H groups in total. The second kappa shape index (κ2) is 7.98. The highest BCUT2D eigenvalue weighted by Gasteiger charge is 2.22. The van der Waals surface area contributed by atoms with Crippen LogP contribution in [0.1, 0.15) is 25.5 Å². The van der Waals surface area contributed by atoms with E-state index in [2.05, 4.69) is 16.0 Å². The Morgan fingerprint density at radius 2 is 1.39 bits per heavy atom. The Kier molecular flexibility index (Phi) is 5.74. The van der Waals surface area contributed by atoms with Crippen LogP contribution in [0, 0.1) is 0 Å². The first-order valence-electron chi connectivity index (χ1n) is 7.54. The van der Waals surface area contributed by atoms with Crippen LogP contribution in [0.3, 0.4) is 0 Å². The first-order chi connectivity index (χ1) is 11.1. The van der Waals surface area contributed by atoms with Gasteiger partial charge in [0.1, 0.15) is 6.04 Å². The fraction of sp³-hybridized carbons (Fsp3) is 0.222. The highest BCUT2D eigenvalue weighted by atomic mass is 16.2. The molecule has 1 atom stereocenters. The number of nitrogens with one attached hydrogen (secondary N) is 3. The molecule has 2 aromatic carbocycles. The van der Waals surface area contributed by atoms with E-state index in [0.717, 1.165) is 5.56 Å². The fourth-order valence-electron chi connectivity index (χ4n) is 2.12. The van der Waals surface area contributed by atoms with Crippen LogP contribution in [-0.2, 0) is 4.79 Å². The number of rotatable bonds is 5. The normalized spacial score (nSPS) is 11.6. The van der Waals surface area contributed by atoms with Gasteiger partial charge in [0, 0.05) is 11.7 Å². The largest absolute Gasteiger partial charge is 0.336 e. The molecular formula is C18H21N3O2. The summed E-state index contributed by atoms with van der Waals surface area (Å²) in [7, 11) is 0. The molecule has 0 unspecified atom stereocenters. The molecule has 0 spiro atoms. The van der Waals surface area contributed by atoms with E-state index in [1.54, 1.807) is 12.1 Å². The van der Waals surface area contributed by atoms with E-state index in [0.29, 0.717) is 5.69 Å². The Balaban J connectivity index is 2.16. The third kappa shape index (κ3) is 5.14. The van der Waals surface area contributed by atoms with Crippen molar-refractivity contribution in [2.75, 3.05) is 5.32 Å². The maximum atomic E-state index is 12.6.